The number of allylic oxidation sites excluding steroid dienone is 11. The highest BCUT2D eigenvalue weighted by molar-refractivity contribution is 7.45. The number of hydrogen-bond acceptors (Lipinski definition) is 6. The number of quaternary nitrogens is 1. The average molecular weight is 917 g/mol. The first-order valence-electron chi connectivity index (χ1n) is 26.3. The van der Waals surface area contributed by atoms with Crippen LogP contribution >= 0.6 is 7.82 Å². The normalized spacial score (nSPS) is 14.7. The highest BCUT2D eigenvalue weighted by Gasteiger charge is 2.23. The summed E-state index contributed by atoms with van der Waals surface area (Å²) >= 11 is 0. The monoisotopic (exact) mass is 917 g/mol. The first-order chi connectivity index (χ1) is 31.0. The molecule has 0 aromatic heterocycles. The number of hydrogen-bond donors (Lipinski definition) is 2. The molecular weight excluding hydrogens is 816 g/mol. The molecule has 0 spiro atoms. The number of phosphoric acid groups is 1. The van der Waals surface area contributed by atoms with Gasteiger partial charge in [-0.2, -0.15) is 0 Å². The van der Waals surface area contributed by atoms with Crippen LogP contribution in [0.3, 0.4) is 0 Å². The molecule has 8 nitrogen and oxygen atoms in total. The lowest BCUT2D eigenvalue weighted by molar-refractivity contribution is -0.870. The third-order valence-electron chi connectivity index (χ3n) is 11.4. The Hall–Kier alpha value is -2.06. The predicted octanol–water partition coefficient (Wildman–Crippen LogP) is 14.9. The number of likely N-dealkylation sites (N-methyl/N-ethyl adjacent to an activating group) is 1. The zero-order chi connectivity index (χ0) is 47.1. The summed E-state index contributed by atoms with van der Waals surface area (Å²) in [5.74, 6) is -0.288. The topological polar surface area (TPSA) is 108 Å². The van der Waals surface area contributed by atoms with E-state index < -0.39 is 26.6 Å². The van der Waals surface area contributed by atoms with Gasteiger partial charge in [0, 0.05) is 6.42 Å². The van der Waals surface area contributed by atoms with Gasteiger partial charge in [0.2, 0.25) is 5.91 Å². The standard InChI is InChI=1S/C55H101N2O6P/c1-6-8-10-12-14-16-18-20-21-22-23-24-25-26-27-28-29-30-31-32-33-34-35-37-38-40-42-44-46-48-54(58)53(52-63-64(60,61)62-51-50-57(3,4)5)56-55(59)49-47-45-43-41-39-36-19-17-15-13-11-9-7-2/h9,11,15,17,36,38-40,43,45-46,48,53-54,58H,6-8,10,12-14,16,18-35,37,41-42,44,47,49-52H2,1-5H3,(H-,56,59,60,61)/b11-9-,17-15-,39-36-,40-38+,45-43-,48-46+. The van der Waals surface area contributed by atoms with Gasteiger partial charge in [-0.25, -0.2) is 0 Å². The summed E-state index contributed by atoms with van der Waals surface area (Å²) in [7, 11) is 1.19. The minimum Gasteiger partial charge on any atom is -0.756 e. The fourth-order valence-electron chi connectivity index (χ4n) is 7.30. The summed E-state index contributed by atoms with van der Waals surface area (Å²) in [6.45, 7) is 4.45. The number of aliphatic hydroxyl groups is 1. The van der Waals surface area contributed by atoms with E-state index in [0.717, 1.165) is 44.9 Å². The molecule has 9 heteroatoms. The second kappa shape index (κ2) is 46.1. The van der Waals surface area contributed by atoms with Crippen LogP contribution in [0.2, 0.25) is 0 Å². The average Bonchev–Trinajstić information content (AvgIpc) is 3.25. The maximum absolute atomic E-state index is 12.8. The lowest BCUT2D eigenvalue weighted by Gasteiger charge is -2.29. The first kappa shape index (κ1) is 61.9. The highest BCUT2D eigenvalue weighted by Crippen LogP contribution is 2.38. The third-order valence-corrected chi connectivity index (χ3v) is 12.4. The summed E-state index contributed by atoms with van der Waals surface area (Å²) in [6, 6.07) is -0.945. The van der Waals surface area contributed by atoms with Crippen molar-refractivity contribution in [2.24, 2.45) is 0 Å². The third kappa shape index (κ3) is 47.9. The molecule has 0 aromatic rings. The molecule has 0 fully saturated rings. The van der Waals surface area contributed by atoms with Gasteiger partial charge in [-0.15, -0.1) is 0 Å². The van der Waals surface area contributed by atoms with Gasteiger partial charge in [0.05, 0.1) is 39.9 Å². The minimum atomic E-state index is -4.62. The van der Waals surface area contributed by atoms with Gasteiger partial charge < -0.3 is 28.8 Å². The van der Waals surface area contributed by atoms with Crippen LogP contribution < -0.4 is 10.2 Å². The number of aliphatic hydroxyl groups excluding tert-OH is 1. The van der Waals surface area contributed by atoms with Gasteiger partial charge in [-0.1, -0.05) is 228 Å². The van der Waals surface area contributed by atoms with Crippen molar-refractivity contribution >= 4 is 13.7 Å². The second-order valence-corrected chi connectivity index (χ2v) is 20.2. The molecule has 372 valence electrons. The van der Waals surface area contributed by atoms with E-state index >= 15 is 0 Å². The maximum atomic E-state index is 12.8. The van der Waals surface area contributed by atoms with Crippen molar-refractivity contribution < 1.29 is 32.9 Å². The number of phosphoric ester groups is 1. The van der Waals surface area contributed by atoms with Gasteiger partial charge in [-0.05, 0) is 57.8 Å². The van der Waals surface area contributed by atoms with Gasteiger partial charge in [0.25, 0.3) is 7.82 Å². The van der Waals surface area contributed by atoms with Gasteiger partial charge >= 0.3 is 0 Å². The summed E-state index contributed by atoms with van der Waals surface area (Å²) < 4.78 is 23.2. The summed E-state index contributed by atoms with van der Waals surface area (Å²) in [5, 5.41) is 13.7. The lowest BCUT2D eigenvalue weighted by Crippen LogP contribution is -2.45. The molecule has 64 heavy (non-hydrogen) atoms. The first-order valence-corrected chi connectivity index (χ1v) is 27.8. The zero-order valence-corrected chi connectivity index (χ0v) is 43.1. The van der Waals surface area contributed by atoms with Crippen LogP contribution in [0.15, 0.2) is 72.9 Å². The van der Waals surface area contributed by atoms with Crippen molar-refractivity contribution in [2.45, 2.75) is 231 Å². The van der Waals surface area contributed by atoms with E-state index in [1.807, 2.05) is 39.4 Å². The number of nitrogens with zero attached hydrogens (tertiary/aromatic N) is 1. The van der Waals surface area contributed by atoms with E-state index in [1.165, 1.54) is 148 Å². The maximum Gasteiger partial charge on any atom is 0.268 e. The van der Waals surface area contributed by atoms with Crippen LogP contribution in [0.4, 0.5) is 0 Å². The van der Waals surface area contributed by atoms with Crippen molar-refractivity contribution in [1.82, 2.24) is 5.32 Å². The van der Waals surface area contributed by atoms with Gasteiger partial charge in [-0.3, -0.25) is 9.36 Å². The Morgan fingerprint density at radius 1 is 0.562 bits per heavy atom. The number of nitrogens with one attached hydrogen (secondary N) is 1. The van der Waals surface area contributed by atoms with Crippen molar-refractivity contribution in [2.75, 3.05) is 40.9 Å². The Balaban J connectivity index is 4.26. The quantitative estimate of drug-likeness (QED) is 0.0272. The molecule has 0 heterocycles. The summed E-state index contributed by atoms with van der Waals surface area (Å²) in [6.07, 6.45) is 63.0. The molecule has 0 aromatic carbocycles. The Morgan fingerprint density at radius 2 is 0.969 bits per heavy atom. The van der Waals surface area contributed by atoms with Crippen LogP contribution in [-0.2, 0) is 18.4 Å². The SMILES string of the molecule is CC/C=C\C/C=C\C/C=C\C/C=C\CCC(=O)NC(COP(=O)([O-])OCC[N+](C)(C)C)C(O)/C=C/CC/C=C/CCCCCCCCCCCCCCCCCCCCCCCCC. The highest BCUT2D eigenvalue weighted by atomic mass is 31.2. The molecule has 0 radical (unpaired) electrons. The van der Waals surface area contributed by atoms with Crippen molar-refractivity contribution in [3.05, 3.63) is 72.9 Å². The predicted molar refractivity (Wildman–Crippen MR) is 274 cm³/mol. The van der Waals surface area contributed by atoms with Crippen molar-refractivity contribution in [3.63, 3.8) is 0 Å². The number of rotatable bonds is 47. The largest absolute Gasteiger partial charge is 0.756 e. The number of carbonyl (C=O) groups excluding carboxylic acids is 1. The lowest BCUT2D eigenvalue weighted by atomic mass is 10.0. The summed E-state index contributed by atoms with van der Waals surface area (Å²) in [4.78, 5) is 25.3. The fourth-order valence-corrected chi connectivity index (χ4v) is 8.02. The van der Waals surface area contributed by atoms with Crippen LogP contribution in [0.25, 0.3) is 0 Å². The Kier molecular flexibility index (Phi) is 44.6. The van der Waals surface area contributed by atoms with Crippen LogP contribution in [0.1, 0.15) is 219 Å². The molecule has 3 unspecified atom stereocenters. The molecule has 1 amide bonds. The van der Waals surface area contributed by atoms with Gasteiger partial charge in [0.1, 0.15) is 13.2 Å². The van der Waals surface area contributed by atoms with E-state index in [9.17, 15) is 19.4 Å². The van der Waals surface area contributed by atoms with Crippen molar-refractivity contribution in [3.8, 4) is 0 Å². The molecule has 2 N–H and O–H groups in total. The molecule has 0 saturated carbocycles. The van der Waals surface area contributed by atoms with Gasteiger partial charge in [0.15, 0.2) is 0 Å². The fraction of sp³-hybridized carbons (Fsp3) is 0.764. The minimum absolute atomic E-state index is 0.0220. The van der Waals surface area contributed by atoms with Crippen LogP contribution in [0.5, 0.6) is 0 Å². The molecule has 0 bridgehead atoms. The Bertz CT molecular complexity index is 1270. The molecular formula is C55H101N2O6P. The molecule has 0 aliphatic carbocycles. The molecule has 3 atom stereocenters. The smallest absolute Gasteiger partial charge is 0.268 e. The molecule has 0 aliphatic heterocycles. The van der Waals surface area contributed by atoms with Crippen LogP contribution in [0, 0.1) is 0 Å². The number of carbonyl (C=O) groups is 1. The van der Waals surface area contributed by atoms with E-state index in [4.69, 9.17) is 9.05 Å². The molecule has 0 aliphatic rings. The Morgan fingerprint density at radius 3 is 1.44 bits per heavy atom. The number of unbranched alkanes of at least 4 members (excludes halogenated alkanes) is 24. The molecule has 0 saturated heterocycles. The zero-order valence-electron chi connectivity index (χ0n) is 42.2. The summed E-state index contributed by atoms with van der Waals surface area (Å²) in [5.41, 5.74) is 0. The van der Waals surface area contributed by atoms with E-state index in [1.54, 1.807) is 6.08 Å². The second-order valence-electron chi connectivity index (χ2n) is 18.8. The van der Waals surface area contributed by atoms with E-state index in [-0.39, 0.29) is 18.9 Å². The Labute approximate surface area is 395 Å². The van der Waals surface area contributed by atoms with Crippen LogP contribution in [-0.4, -0.2) is 68.5 Å². The number of amides is 1. The van der Waals surface area contributed by atoms with Crippen molar-refractivity contribution in [1.29, 1.82) is 0 Å². The molecule has 0 rings (SSSR count). The van der Waals surface area contributed by atoms with E-state index in [0.29, 0.717) is 17.4 Å². The van der Waals surface area contributed by atoms with E-state index in [2.05, 4.69) is 67.8 Å².